The lowest BCUT2D eigenvalue weighted by Crippen LogP contribution is -2.29. The van der Waals surface area contributed by atoms with E-state index in [0.29, 0.717) is 6.04 Å². The van der Waals surface area contributed by atoms with E-state index >= 15 is 0 Å². The molecular weight excluding hydrogens is 250 g/mol. The Morgan fingerprint density at radius 1 is 1.40 bits per heavy atom. The maximum absolute atomic E-state index is 5.52. The third-order valence-electron chi connectivity index (χ3n) is 4.83. The van der Waals surface area contributed by atoms with E-state index in [9.17, 15) is 0 Å². The fraction of sp³-hybridized carbons (Fsp3) is 0.812. The first-order valence-electron chi connectivity index (χ1n) is 8.18. The zero-order valence-electron chi connectivity index (χ0n) is 12.8. The summed E-state index contributed by atoms with van der Waals surface area (Å²) < 4.78 is 8.10. The predicted octanol–water partition coefficient (Wildman–Crippen LogP) is 2.47. The highest BCUT2D eigenvalue weighted by Gasteiger charge is 2.28. The maximum Gasteiger partial charge on any atom is 0.109 e. The number of rotatable bonds is 4. The summed E-state index contributed by atoms with van der Waals surface area (Å²) >= 11 is 0. The number of hydrogen-bond acceptors (Lipinski definition) is 3. The largest absolute Gasteiger partial charge is 0.381 e. The van der Waals surface area contributed by atoms with Gasteiger partial charge in [-0.05, 0) is 32.1 Å². The monoisotopic (exact) mass is 277 g/mol. The molecule has 0 aliphatic carbocycles. The minimum Gasteiger partial charge on any atom is -0.381 e. The Morgan fingerprint density at radius 2 is 2.20 bits per heavy atom. The van der Waals surface area contributed by atoms with Crippen molar-refractivity contribution >= 4 is 0 Å². The first kappa shape index (κ1) is 14.1. The van der Waals surface area contributed by atoms with Crippen LogP contribution in [-0.2, 0) is 24.1 Å². The molecular formula is C16H27N3O. The summed E-state index contributed by atoms with van der Waals surface area (Å²) in [6, 6.07) is 0.565. The number of aromatic nitrogens is 2. The molecule has 0 aromatic carbocycles. The van der Waals surface area contributed by atoms with Crippen molar-refractivity contribution in [3.63, 3.8) is 0 Å². The highest BCUT2D eigenvalue weighted by atomic mass is 16.5. The minimum atomic E-state index is 0.565. The number of hydrogen-bond donors (Lipinski definition) is 1. The standard InChI is InChI=1S/C16H27N3O/c1-3-4-16-18-14-11-17-8-5-15(14)19(16)12(2)13-6-9-20-10-7-13/h12-13,17H,3-11H2,1-2H3. The summed E-state index contributed by atoms with van der Waals surface area (Å²) in [4.78, 5) is 4.93. The van der Waals surface area contributed by atoms with Crippen LogP contribution in [0.3, 0.4) is 0 Å². The fourth-order valence-corrected chi connectivity index (χ4v) is 3.68. The number of fused-ring (bicyclic) bond motifs is 1. The Labute approximate surface area is 121 Å². The third-order valence-corrected chi connectivity index (χ3v) is 4.83. The van der Waals surface area contributed by atoms with Gasteiger partial charge in [-0.1, -0.05) is 6.92 Å². The molecule has 1 saturated heterocycles. The minimum absolute atomic E-state index is 0.565. The van der Waals surface area contributed by atoms with Gasteiger partial charge >= 0.3 is 0 Å². The van der Waals surface area contributed by atoms with Crippen LogP contribution in [0.15, 0.2) is 0 Å². The molecule has 0 spiro atoms. The molecule has 3 heterocycles. The number of imidazole rings is 1. The maximum atomic E-state index is 5.52. The summed E-state index contributed by atoms with van der Waals surface area (Å²) in [5, 5.41) is 3.45. The van der Waals surface area contributed by atoms with E-state index in [1.807, 2.05) is 0 Å². The second kappa shape index (κ2) is 6.27. The number of aryl methyl sites for hydroxylation is 1. The first-order valence-corrected chi connectivity index (χ1v) is 8.18. The molecule has 0 saturated carbocycles. The fourth-order valence-electron chi connectivity index (χ4n) is 3.68. The van der Waals surface area contributed by atoms with E-state index in [0.717, 1.165) is 45.1 Å². The molecule has 1 unspecified atom stereocenters. The van der Waals surface area contributed by atoms with Gasteiger partial charge in [-0.15, -0.1) is 0 Å². The molecule has 2 aliphatic rings. The molecule has 1 aromatic rings. The summed E-state index contributed by atoms with van der Waals surface area (Å²) in [7, 11) is 0. The van der Waals surface area contributed by atoms with Gasteiger partial charge in [-0.2, -0.15) is 0 Å². The molecule has 1 aromatic heterocycles. The Balaban J connectivity index is 1.90. The van der Waals surface area contributed by atoms with Gasteiger partial charge < -0.3 is 14.6 Å². The van der Waals surface area contributed by atoms with Crippen LogP contribution in [0.25, 0.3) is 0 Å². The van der Waals surface area contributed by atoms with E-state index in [-0.39, 0.29) is 0 Å². The van der Waals surface area contributed by atoms with E-state index in [2.05, 4.69) is 23.7 Å². The second-order valence-electron chi connectivity index (χ2n) is 6.16. The topological polar surface area (TPSA) is 39.1 Å². The SMILES string of the molecule is CCCc1nc2c(n1C(C)C1CCOCC1)CCNC2. The highest BCUT2D eigenvalue weighted by molar-refractivity contribution is 5.21. The van der Waals surface area contributed by atoms with Crippen molar-refractivity contribution in [2.24, 2.45) is 5.92 Å². The zero-order valence-corrected chi connectivity index (χ0v) is 12.8. The zero-order chi connectivity index (χ0) is 13.9. The average Bonchev–Trinajstić information content (AvgIpc) is 2.86. The highest BCUT2D eigenvalue weighted by Crippen LogP contribution is 2.32. The molecule has 20 heavy (non-hydrogen) atoms. The van der Waals surface area contributed by atoms with Gasteiger partial charge in [0.05, 0.1) is 5.69 Å². The third kappa shape index (κ3) is 2.63. The van der Waals surface area contributed by atoms with Crippen molar-refractivity contribution in [1.29, 1.82) is 0 Å². The molecule has 4 nitrogen and oxygen atoms in total. The van der Waals surface area contributed by atoms with Crippen LogP contribution < -0.4 is 5.32 Å². The van der Waals surface area contributed by atoms with Gasteiger partial charge in [0.25, 0.3) is 0 Å². The van der Waals surface area contributed by atoms with E-state index in [1.54, 1.807) is 0 Å². The Kier molecular flexibility index (Phi) is 4.41. The van der Waals surface area contributed by atoms with E-state index in [1.165, 1.54) is 36.5 Å². The van der Waals surface area contributed by atoms with Crippen LogP contribution in [0.5, 0.6) is 0 Å². The quantitative estimate of drug-likeness (QED) is 0.919. The van der Waals surface area contributed by atoms with Crippen molar-refractivity contribution in [3.05, 3.63) is 17.2 Å². The lowest BCUT2D eigenvalue weighted by Gasteiger charge is -2.31. The van der Waals surface area contributed by atoms with Crippen molar-refractivity contribution in [2.45, 2.75) is 58.5 Å². The molecule has 112 valence electrons. The second-order valence-corrected chi connectivity index (χ2v) is 6.16. The smallest absolute Gasteiger partial charge is 0.109 e. The van der Waals surface area contributed by atoms with Crippen LogP contribution in [0.1, 0.15) is 56.4 Å². The summed E-state index contributed by atoms with van der Waals surface area (Å²) in [5.74, 6) is 2.05. The molecule has 0 radical (unpaired) electrons. The molecule has 0 bridgehead atoms. The Morgan fingerprint density at radius 3 is 2.95 bits per heavy atom. The van der Waals surface area contributed by atoms with Crippen molar-refractivity contribution in [2.75, 3.05) is 19.8 Å². The number of nitrogens with zero attached hydrogens (tertiary/aromatic N) is 2. The molecule has 1 N–H and O–H groups in total. The Hall–Kier alpha value is -0.870. The summed E-state index contributed by atoms with van der Waals surface area (Å²) in [6.45, 7) is 8.52. The van der Waals surface area contributed by atoms with Crippen LogP contribution in [0, 0.1) is 5.92 Å². The number of ether oxygens (including phenoxy) is 1. The van der Waals surface area contributed by atoms with Crippen LogP contribution in [-0.4, -0.2) is 29.3 Å². The van der Waals surface area contributed by atoms with Gasteiger partial charge in [-0.3, -0.25) is 0 Å². The average molecular weight is 277 g/mol. The van der Waals surface area contributed by atoms with Crippen LogP contribution in [0.4, 0.5) is 0 Å². The normalized spacial score (nSPS) is 21.7. The van der Waals surface area contributed by atoms with Gasteiger partial charge in [0, 0.05) is 50.9 Å². The van der Waals surface area contributed by atoms with Crippen molar-refractivity contribution in [1.82, 2.24) is 14.9 Å². The van der Waals surface area contributed by atoms with Gasteiger partial charge in [-0.25, -0.2) is 4.98 Å². The summed E-state index contributed by atoms with van der Waals surface area (Å²) in [6.07, 6.45) is 5.78. The first-order chi connectivity index (χ1) is 9.81. The molecule has 1 fully saturated rings. The summed E-state index contributed by atoms with van der Waals surface area (Å²) in [5.41, 5.74) is 2.78. The number of nitrogens with one attached hydrogen (secondary N) is 1. The van der Waals surface area contributed by atoms with Crippen LogP contribution in [0.2, 0.25) is 0 Å². The lowest BCUT2D eigenvalue weighted by molar-refractivity contribution is 0.0505. The molecule has 4 heteroatoms. The molecule has 1 atom stereocenters. The van der Waals surface area contributed by atoms with Gasteiger partial charge in [0.2, 0.25) is 0 Å². The van der Waals surface area contributed by atoms with Crippen molar-refractivity contribution < 1.29 is 4.74 Å². The predicted molar refractivity (Wildman–Crippen MR) is 79.9 cm³/mol. The lowest BCUT2D eigenvalue weighted by atomic mass is 9.92. The van der Waals surface area contributed by atoms with Crippen LogP contribution >= 0.6 is 0 Å². The van der Waals surface area contributed by atoms with E-state index < -0.39 is 0 Å². The molecule has 0 amide bonds. The van der Waals surface area contributed by atoms with Crippen molar-refractivity contribution in [3.8, 4) is 0 Å². The van der Waals surface area contributed by atoms with Gasteiger partial charge in [0.1, 0.15) is 5.82 Å². The molecule has 2 aliphatic heterocycles. The van der Waals surface area contributed by atoms with Gasteiger partial charge in [0.15, 0.2) is 0 Å². The Bertz CT molecular complexity index is 449. The van der Waals surface area contributed by atoms with E-state index in [4.69, 9.17) is 9.72 Å². The molecule has 3 rings (SSSR count).